The Morgan fingerprint density at radius 2 is 2.11 bits per heavy atom. The fraction of sp³-hybridized carbons (Fsp3) is 0.385. The standard InChI is InChI=1S/C13H17ClN2O2/c1-9(16-10(2)17)13(18)15-7-6-11-4-3-5-12(14)8-11/h3-5,8-9H,6-7H2,1-2H3,(H,15,18)(H,16,17). The molecule has 1 aromatic rings. The normalized spacial score (nSPS) is 11.7. The molecule has 0 saturated heterocycles. The van der Waals surface area contributed by atoms with Gasteiger partial charge in [0.2, 0.25) is 11.8 Å². The largest absolute Gasteiger partial charge is 0.354 e. The molecule has 1 aromatic carbocycles. The molecule has 0 bridgehead atoms. The minimum Gasteiger partial charge on any atom is -0.354 e. The molecule has 0 heterocycles. The molecular formula is C13H17ClN2O2. The summed E-state index contributed by atoms with van der Waals surface area (Å²) in [5, 5.41) is 5.97. The highest BCUT2D eigenvalue weighted by molar-refractivity contribution is 6.30. The summed E-state index contributed by atoms with van der Waals surface area (Å²) in [7, 11) is 0. The number of amides is 2. The maximum atomic E-state index is 11.6. The van der Waals surface area contributed by atoms with Crippen LogP contribution in [0.1, 0.15) is 19.4 Å². The second-order valence-corrected chi connectivity index (χ2v) is 4.53. The molecule has 1 rings (SSSR count). The highest BCUT2D eigenvalue weighted by Gasteiger charge is 2.12. The van der Waals surface area contributed by atoms with Crippen LogP contribution in [0, 0.1) is 0 Å². The summed E-state index contributed by atoms with van der Waals surface area (Å²) in [5.41, 5.74) is 1.06. The summed E-state index contributed by atoms with van der Waals surface area (Å²) < 4.78 is 0. The summed E-state index contributed by atoms with van der Waals surface area (Å²) in [6.07, 6.45) is 0.707. The minimum atomic E-state index is -0.512. The van der Waals surface area contributed by atoms with Crippen LogP contribution >= 0.6 is 11.6 Å². The number of hydrogen-bond donors (Lipinski definition) is 2. The number of hydrogen-bond acceptors (Lipinski definition) is 2. The Balaban J connectivity index is 2.33. The molecule has 0 aromatic heterocycles. The summed E-state index contributed by atoms with van der Waals surface area (Å²) >= 11 is 5.86. The minimum absolute atomic E-state index is 0.188. The van der Waals surface area contributed by atoms with Crippen molar-refractivity contribution in [3.63, 3.8) is 0 Å². The summed E-state index contributed by atoms with van der Waals surface area (Å²) in [6, 6.07) is 6.99. The number of benzene rings is 1. The SMILES string of the molecule is CC(=O)NC(C)C(=O)NCCc1cccc(Cl)c1. The van der Waals surface area contributed by atoms with Crippen LogP contribution in [0.3, 0.4) is 0 Å². The van der Waals surface area contributed by atoms with E-state index in [9.17, 15) is 9.59 Å². The molecule has 1 unspecified atom stereocenters. The fourth-order valence-electron chi connectivity index (χ4n) is 1.55. The molecule has 2 amide bonds. The summed E-state index contributed by atoms with van der Waals surface area (Å²) in [6.45, 7) is 3.55. The monoisotopic (exact) mass is 268 g/mol. The predicted molar refractivity (Wildman–Crippen MR) is 71.4 cm³/mol. The van der Waals surface area contributed by atoms with Gasteiger partial charge in [0, 0.05) is 18.5 Å². The predicted octanol–water partition coefficient (Wildman–Crippen LogP) is 1.52. The van der Waals surface area contributed by atoms with E-state index in [1.54, 1.807) is 6.92 Å². The lowest BCUT2D eigenvalue weighted by Gasteiger charge is -2.12. The lowest BCUT2D eigenvalue weighted by atomic mass is 10.1. The van der Waals surface area contributed by atoms with Crippen molar-refractivity contribution in [2.24, 2.45) is 0 Å². The first-order chi connectivity index (χ1) is 8.49. The van der Waals surface area contributed by atoms with Crippen molar-refractivity contribution in [3.8, 4) is 0 Å². The second kappa shape index (κ2) is 7.01. The van der Waals surface area contributed by atoms with Crippen molar-refractivity contribution in [3.05, 3.63) is 34.9 Å². The van der Waals surface area contributed by atoms with Crippen LogP contribution in [0.15, 0.2) is 24.3 Å². The van der Waals surface area contributed by atoms with E-state index in [0.717, 1.165) is 5.56 Å². The highest BCUT2D eigenvalue weighted by Crippen LogP contribution is 2.10. The molecule has 1 atom stereocenters. The average Bonchev–Trinajstić information content (AvgIpc) is 2.28. The number of nitrogens with one attached hydrogen (secondary N) is 2. The Morgan fingerprint density at radius 1 is 1.39 bits per heavy atom. The van der Waals surface area contributed by atoms with Crippen LogP contribution in [0.25, 0.3) is 0 Å². The molecule has 0 aliphatic heterocycles. The maximum absolute atomic E-state index is 11.6. The van der Waals surface area contributed by atoms with Crippen molar-refractivity contribution in [2.45, 2.75) is 26.3 Å². The van der Waals surface area contributed by atoms with E-state index in [1.807, 2.05) is 24.3 Å². The summed E-state index contributed by atoms with van der Waals surface area (Å²) in [5.74, 6) is -0.403. The Bertz CT molecular complexity index is 435. The van der Waals surface area contributed by atoms with E-state index < -0.39 is 6.04 Å². The zero-order valence-electron chi connectivity index (χ0n) is 10.5. The van der Waals surface area contributed by atoms with Gasteiger partial charge in [-0.1, -0.05) is 23.7 Å². The number of carbonyl (C=O) groups excluding carboxylic acids is 2. The van der Waals surface area contributed by atoms with Gasteiger partial charge in [0.05, 0.1) is 0 Å². The molecule has 0 aliphatic carbocycles. The third-order valence-electron chi connectivity index (χ3n) is 2.41. The highest BCUT2D eigenvalue weighted by atomic mass is 35.5. The van der Waals surface area contributed by atoms with Gasteiger partial charge in [-0.3, -0.25) is 9.59 Å². The van der Waals surface area contributed by atoms with Gasteiger partial charge in [-0.05, 0) is 31.0 Å². The van der Waals surface area contributed by atoms with Crippen molar-refractivity contribution in [1.29, 1.82) is 0 Å². The Hall–Kier alpha value is -1.55. The molecule has 0 radical (unpaired) electrons. The first kappa shape index (κ1) is 14.5. The van der Waals surface area contributed by atoms with Crippen LogP contribution in [-0.4, -0.2) is 24.4 Å². The van der Waals surface area contributed by atoms with Crippen LogP contribution < -0.4 is 10.6 Å². The Morgan fingerprint density at radius 3 is 2.72 bits per heavy atom. The molecule has 0 saturated carbocycles. The topological polar surface area (TPSA) is 58.2 Å². The van der Waals surface area contributed by atoms with Gasteiger partial charge >= 0.3 is 0 Å². The number of carbonyl (C=O) groups is 2. The molecule has 4 nitrogen and oxygen atoms in total. The van der Waals surface area contributed by atoms with E-state index in [4.69, 9.17) is 11.6 Å². The van der Waals surface area contributed by atoms with Gasteiger partial charge in [-0.2, -0.15) is 0 Å². The number of halogens is 1. The van der Waals surface area contributed by atoms with Gasteiger partial charge in [-0.25, -0.2) is 0 Å². The quantitative estimate of drug-likeness (QED) is 0.851. The Labute approximate surface area is 112 Å². The first-order valence-corrected chi connectivity index (χ1v) is 6.16. The van der Waals surface area contributed by atoms with E-state index in [1.165, 1.54) is 6.92 Å². The van der Waals surface area contributed by atoms with E-state index in [2.05, 4.69) is 10.6 Å². The summed E-state index contributed by atoms with van der Waals surface area (Å²) in [4.78, 5) is 22.4. The van der Waals surface area contributed by atoms with Crippen molar-refractivity contribution >= 4 is 23.4 Å². The van der Waals surface area contributed by atoms with Crippen LogP contribution in [-0.2, 0) is 16.0 Å². The van der Waals surface area contributed by atoms with Gasteiger partial charge in [0.25, 0.3) is 0 Å². The van der Waals surface area contributed by atoms with Gasteiger partial charge in [-0.15, -0.1) is 0 Å². The van der Waals surface area contributed by atoms with Crippen LogP contribution in [0.5, 0.6) is 0 Å². The molecule has 2 N–H and O–H groups in total. The van der Waals surface area contributed by atoms with E-state index >= 15 is 0 Å². The van der Waals surface area contributed by atoms with Crippen LogP contribution in [0.4, 0.5) is 0 Å². The zero-order chi connectivity index (χ0) is 13.5. The molecule has 18 heavy (non-hydrogen) atoms. The third kappa shape index (κ3) is 5.19. The van der Waals surface area contributed by atoms with E-state index in [-0.39, 0.29) is 11.8 Å². The van der Waals surface area contributed by atoms with Crippen molar-refractivity contribution in [2.75, 3.05) is 6.54 Å². The lowest BCUT2D eigenvalue weighted by molar-refractivity contribution is -0.127. The van der Waals surface area contributed by atoms with Crippen molar-refractivity contribution < 1.29 is 9.59 Å². The second-order valence-electron chi connectivity index (χ2n) is 4.09. The molecule has 0 fully saturated rings. The molecular weight excluding hydrogens is 252 g/mol. The van der Waals surface area contributed by atoms with Gasteiger partial charge < -0.3 is 10.6 Å². The van der Waals surface area contributed by atoms with Crippen LogP contribution in [0.2, 0.25) is 5.02 Å². The maximum Gasteiger partial charge on any atom is 0.242 e. The number of rotatable bonds is 5. The zero-order valence-corrected chi connectivity index (χ0v) is 11.3. The fourth-order valence-corrected chi connectivity index (χ4v) is 1.76. The molecule has 98 valence electrons. The van der Waals surface area contributed by atoms with Gasteiger partial charge in [0.15, 0.2) is 0 Å². The first-order valence-electron chi connectivity index (χ1n) is 5.78. The average molecular weight is 269 g/mol. The van der Waals surface area contributed by atoms with E-state index in [0.29, 0.717) is 18.0 Å². The lowest BCUT2D eigenvalue weighted by Crippen LogP contribution is -2.44. The van der Waals surface area contributed by atoms with Gasteiger partial charge in [0.1, 0.15) is 6.04 Å². The van der Waals surface area contributed by atoms with Crippen molar-refractivity contribution in [1.82, 2.24) is 10.6 Å². The molecule has 0 spiro atoms. The third-order valence-corrected chi connectivity index (χ3v) is 2.65. The smallest absolute Gasteiger partial charge is 0.242 e. The molecule has 5 heteroatoms. The Kier molecular flexibility index (Phi) is 5.65. The molecule has 0 aliphatic rings.